The first-order valence-corrected chi connectivity index (χ1v) is 8.04. The Morgan fingerprint density at radius 2 is 1.12 bits per heavy atom. The molecule has 2 heteroatoms. The van der Waals surface area contributed by atoms with Crippen LogP contribution in [0.3, 0.4) is 0 Å². The van der Waals surface area contributed by atoms with Crippen LogP contribution in [0.5, 0.6) is 0 Å². The lowest BCUT2D eigenvalue weighted by Gasteiger charge is -2.11. The third-order valence-corrected chi connectivity index (χ3v) is 4.94. The number of fused-ring (bicyclic) bond motifs is 6. The van der Waals surface area contributed by atoms with Gasteiger partial charge >= 0.3 is 0 Å². The van der Waals surface area contributed by atoms with Crippen LogP contribution in [0.1, 0.15) is 0 Å². The third-order valence-electron chi connectivity index (χ3n) is 4.94. The molecule has 114 valence electrons. The summed E-state index contributed by atoms with van der Waals surface area (Å²) in [7, 11) is 0. The molecule has 0 aromatic heterocycles. The van der Waals surface area contributed by atoms with E-state index >= 15 is 0 Å². The maximum absolute atomic E-state index is 6.29. The van der Waals surface area contributed by atoms with Gasteiger partial charge in [0.1, 0.15) is 0 Å². The molecule has 0 aliphatic rings. The first kappa shape index (κ1) is 13.2. The molecule has 0 spiro atoms. The van der Waals surface area contributed by atoms with E-state index in [0.29, 0.717) is 11.4 Å². The Labute approximate surface area is 139 Å². The first-order valence-electron chi connectivity index (χ1n) is 8.04. The molecule has 0 saturated heterocycles. The lowest BCUT2D eigenvalue weighted by Crippen LogP contribution is -1.95. The number of hydrogen-bond donors (Lipinski definition) is 2. The molecule has 2 nitrogen and oxygen atoms in total. The standard InChI is InChI=1S/C22H16N2/c23-20-10-9-14-6-8-16-11-18-15(12-19(16)21(14)22(20)24)7-5-13-3-1-2-4-17(13)18/h1-12H,23-24H2. The number of benzene rings is 5. The highest BCUT2D eigenvalue weighted by Crippen LogP contribution is 2.36. The van der Waals surface area contributed by atoms with E-state index in [-0.39, 0.29) is 0 Å². The van der Waals surface area contributed by atoms with Crippen molar-refractivity contribution in [1.29, 1.82) is 0 Å². The average Bonchev–Trinajstić information content (AvgIpc) is 2.62. The summed E-state index contributed by atoms with van der Waals surface area (Å²) in [5, 5.41) is 9.52. The Morgan fingerprint density at radius 3 is 2.00 bits per heavy atom. The van der Waals surface area contributed by atoms with E-state index in [1.165, 1.54) is 26.9 Å². The predicted molar refractivity (Wildman–Crippen MR) is 105 cm³/mol. The van der Waals surface area contributed by atoms with Crippen molar-refractivity contribution in [1.82, 2.24) is 0 Å². The molecule has 0 unspecified atom stereocenters. The molecular formula is C22H16N2. The van der Waals surface area contributed by atoms with Crippen LogP contribution >= 0.6 is 0 Å². The Bertz CT molecular complexity index is 1270. The van der Waals surface area contributed by atoms with E-state index in [0.717, 1.165) is 16.2 Å². The molecule has 0 aliphatic heterocycles. The summed E-state index contributed by atoms with van der Waals surface area (Å²) < 4.78 is 0. The third kappa shape index (κ3) is 1.71. The molecule has 0 bridgehead atoms. The summed E-state index contributed by atoms with van der Waals surface area (Å²) in [6, 6.07) is 25.5. The lowest BCUT2D eigenvalue weighted by molar-refractivity contribution is 1.73. The number of anilines is 2. The van der Waals surface area contributed by atoms with Gasteiger partial charge in [-0.3, -0.25) is 0 Å². The van der Waals surface area contributed by atoms with Gasteiger partial charge in [0.15, 0.2) is 0 Å². The van der Waals surface area contributed by atoms with Crippen molar-refractivity contribution in [2.75, 3.05) is 11.5 Å². The molecule has 0 heterocycles. The molecule has 0 radical (unpaired) electrons. The highest BCUT2D eigenvalue weighted by molar-refractivity contribution is 6.20. The minimum atomic E-state index is 0.633. The smallest absolute Gasteiger partial charge is 0.0633 e. The second kappa shape index (κ2) is 4.62. The zero-order valence-corrected chi connectivity index (χ0v) is 13.1. The van der Waals surface area contributed by atoms with Crippen molar-refractivity contribution < 1.29 is 0 Å². The van der Waals surface area contributed by atoms with Crippen LogP contribution in [0.25, 0.3) is 43.1 Å². The molecule has 0 amide bonds. The van der Waals surface area contributed by atoms with Gasteiger partial charge in [-0.2, -0.15) is 0 Å². The van der Waals surface area contributed by atoms with Crippen molar-refractivity contribution in [2.24, 2.45) is 0 Å². The summed E-state index contributed by atoms with van der Waals surface area (Å²) in [5.74, 6) is 0. The van der Waals surface area contributed by atoms with Crippen molar-refractivity contribution in [2.45, 2.75) is 0 Å². The number of hydrogen-bond acceptors (Lipinski definition) is 2. The topological polar surface area (TPSA) is 52.0 Å². The van der Waals surface area contributed by atoms with Gasteiger partial charge in [0.2, 0.25) is 0 Å². The molecule has 4 N–H and O–H groups in total. The van der Waals surface area contributed by atoms with E-state index in [9.17, 15) is 0 Å². The molecule has 0 atom stereocenters. The normalized spacial score (nSPS) is 11.7. The number of rotatable bonds is 0. The van der Waals surface area contributed by atoms with E-state index in [1.54, 1.807) is 0 Å². The van der Waals surface area contributed by atoms with E-state index in [4.69, 9.17) is 11.5 Å². The summed E-state index contributed by atoms with van der Waals surface area (Å²) in [5.41, 5.74) is 13.6. The summed E-state index contributed by atoms with van der Waals surface area (Å²) in [6.45, 7) is 0. The van der Waals surface area contributed by atoms with E-state index in [2.05, 4.69) is 60.7 Å². The second-order valence-corrected chi connectivity index (χ2v) is 6.31. The fourth-order valence-corrected chi connectivity index (χ4v) is 3.70. The van der Waals surface area contributed by atoms with Gasteiger partial charge in [0.05, 0.1) is 11.4 Å². The molecule has 5 rings (SSSR count). The highest BCUT2D eigenvalue weighted by atomic mass is 14.7. The highest BCUT2D eigenvalue weighted by Gasteiger charge is 2.09. The van der Waals surface area contributed by atoms with Crippen molar-refractivity contribution in [3.8, 4) is 0 Å². The van der Waals surface area contributed by atoms with Crippen LogP contribution in [0.15, 0.2) is 72.8 Å². The molecular weight excluding hydrogens is 292 g/mol. The van der Waals surface area contributed by atoms with Gasteiger partial charge in [-0.15, -0.1) is 0 Å². The Kier molecular flexibility index (Phi) is 2.54. The van der Waals surface area contributed by atoms with Gasteiger partial charge < -0.3 is 11.5 Å². The van der Waals surface area contributed by atoms with Crippen LogP contribution in [-0.2, 0) is 0 Å². The fraction of sp³-hybridized carbons (Fsp3) is 0. The van der Waals surface area contributed by atoms with Crippen LogP contribution in [0.2, 0.25) is 0 Å². The van der Waals surface area contributed by atoms with Crippen molar-refractivity contribution >= 4 is 54.5 Å². The van der Waals surface area contributed by atoms with Crippen molar-refractivity contribution in [3.05, 3.63) is 72.8 Å². The zero-order valence-electron chi connectivity index (χ0n) is 13.1. The van der Waals surface area contributed by atoms with E-state index < -0.39 is 0 Å². The summed E-state index contributed by atoms with van der Waals surface area (Å²) in [4.78, 5) is 0. The maximum atomic E-state index is 6.29. The molecule has 24 heavy (non-hydrogen) atoms. The van der Waals surface area contributed by atoms with E-state index in [1.807, 2.05) is 12.1 Å². The zero-order chi connectivity index (χ0) is 16.3. The van der Waals surface area contributed by atoms with Crippen LogP contribution in [0.4, 0.5) is 11.4 Å². The minimum Gasteiger partial charge on any atom is -0.397 e. The lowest BCUT2D eigenvalue weighted by atomic mass is 9.94. The van der Waals surface area contributed by atoms with Gasteiger partial charge in [-0.1, -0.05) is 54.6 Å². The van der Waals surface area contributed by atoms with Crippen LogP contribution in [0, 0.1) is 0 Å². The molecule has 5 aromatic carbocycles. The number of nitrogen functional groups attached to an aromatic ring is 2. The molecule has 5 aromatic rings. The Morgan fingerprint density at radius 1 is 0.500 bits per heavy atom. The van der Waals surface area contributed by atoms with Gasteiger partial charge in [-0.05, 0) is 55.9 Å². The number of nitrogens with two attached hydrogens (primary N) is 2. The molecule has 0 aliphatic carbocycles. The van der Waals surface area contributed by atoms with Gasteiger partial charge in [-0.25, -0.2) is 0 Å². The monoisotopic (exact) mass is 308 g/mol. The first-order chi connectivity index (χ1) is 11.7. The Balaban J connectivity index is 2.02. The largest absolute Gasteiger partial charge is 0.397 e. The summed E-state index contributed by atoms with van der Waals surface area (Å²) >= 11 is 0. The quantitative estimate of drug-likeness (QED) is 0.226. The second-order valence-electron chi connectivity index (χ2n) is 6.31. The average molecular weight is 308 g/mol. The van der Waals surface area contributed by atoms with Gasteiger partial charge in [0.25, 0.3) is 0 Å². The molecule has 0 saturated carbocycles. The minimum absolute atomic E-state index is 0.633. The fourth-order valence-electron chi connectivity index (χ4n) is 3.70. The SMILES string of the molecule is Nc1ccc2ccc3cc4c(ccc5ccccc54)cc3c2c1N. The maximum Gasteiger partial charge on any atom is 0.0633 e. The Hall–Kier alpha value is -3.26. The van der Waals surface area contributed by atoms with Crippen LogP contribution in [-0.4, -0.2) is 0 Å². The molecule has 0 fully saturated rings. The van der Waals surface area contributed by atoms with Gasteiger partial charge in [0, 0.05) is 5.39 Å². The van der Waals surface area contributed by atoms with Crippen LogP contribution < -0.4 is 11.5 Å². The van der Waals surface area contributed by atoms with Crippen molar-refractivity contribution in [3.63, 3.8) is 0 Å². The summed E-state index contributed by atoms with van der Waals surface area (Å²) in [6.07, 6.45) is 0. The predicted octanol–water partition coefficient (Wildman–Crippen LogP) is 5.46.